The molecule has 0 unspecified atom stereocenters. The first-order chi connectivity index (χ1) is 16.9. The van der Waals surface area contributed by atoms with Crippen LogP contribution in [0, 0.1) is 24.0 Å². The Morgan fingerprint density at radius 3 is 2.28 bits per heavy atom. The molecule has 0 bridgehead atoms. The molecule has 184 valence electrons. The van der Waals surface area contributed by atoms with Crippen LogP contribution in [0.25, 0.3) is 11.0 Å². The van der Waals surface area contributed by atoms with Crippen LogP contribution in [0.1, 0.15) is 39.0 Å². The van der Waals surface area contributed by atoms with Gasteiger partial charge in [0, 0.05) is 17.0 Å². The fourth-order valence-electron chi connectivity index (χ4n) is 3.85. The summed E-state index contributed by atoms with van der Waals surface area (Å²) in [5.74, 6) is -0.838. The normalized spacial score (nSPS) is 11.4. The van der Waals surface area contributed by atoms with Gasteiger partial charge < -0.3 is 4.42 Å². The van der Waals surface area contributed by atoms with E-state index in [-0.39, 0.29) is 27.6 Å². The summed E-state index contributed by atoms with van der Waals surface area (Å²) < 4.78 is 33.8. The van der Waals surface area contributed by atoms with Crippen molar-refractivity contribution in [3.63, 3.8) is 0 Å². The Labute approximate surface area is 211 Å². The van der Waals surface area contributed by atoms with E-state index >= 15 is 0 Å². The number of sulfonamides is 1. The SMILES string of the molecule is CC(=O)c1c(C)oc2ccc(N(C(=O)c3ccc(C)cc3)S(=O)(=O)c3ccc(Cl)c([N+](=O)[O-])c3)cc12. The van der Waals surface area contributed by atoms with Gasteiger partial charge in [0.25, 0.3) is 21.6 Å². The third-order valence-electron chi connectivity index (χ3n) is 5.57. The number of anilines is 1. The van der Waals surface area contributed by atoms with Crippen molar-refractivity contribution < 1.29 is 27.3 Å². The molecule has 0 N–H and O–H groups in total. The van der Waals surface area contributed by atoms with Crippen LogP contribution in [0.15, 0.2) is 70.0 Å². The first-order valence-electron chi connectivity index (χ1n) is 10.6. The highest BCUT2D eigenvalue weighted by atomic mass is 35.5. The molecule has 0 aliphatic rings. The van der Waals surface area contributed by atoms with Gasteiger partial charge in [-0.05, 0) is 63.2 Å². The van der Waals surface area contributed by atoms with Crippen LogP contribution in [0.4, 0.5) is 11.4 Å². The summed E-state index contributed by atoms with van der Waals surface area (Å²) in [6.07, 6.45) is 0. The van der Waals surface area contributed by atoms with Crippen LogP contribution in [-0.2, 0) is 10.0 Å². The summed E-state index contributed by atoms with van der Waals surface area (Å²) in [6.45, 7) is 4.77. The number of hydrogen-bond donors (Lipinski definition) is 0. The highest BCUT2D eigenvalue weighted by Crippen LogP contribution is 2.35. The van der Waals surface area contributed by atoms with Gasteiger partial charge >= 0.3 is 0 Å². The average molecular weight is 527 g/mol. The van der Waals surface area contributed by atoms with Crippen LogP contribution in [-0.4, -0.2) is 25.0 Å². The van der Waals surface area contributed by atoms with E-state index in [1.54, 1.807) is 19.1 Å². The second-order valence-corrected chi connectivity index (χ2v) is 10.3. The van der Waals surface area contributed by atoms with Gasteiger partial charge in [0.05, 0.1) is 21.1 Å². The van der Waals surface area contributed by atoms with Gasteiger partial charge in [-0.25, -0.2) is 8.42 Å². The summed E-state index contributed by atoms with van der Waals surface area (Å²) in [5.41, 5.74) is 0.825. The number of fused-ring (bicyclic) bond motifs is 1. The molecule has 0 aliphatic heterocycles. The van der Waals surface area contributed by atoms with E-state index in [4.69, 9.17) is 16.0 Å². The molecule has 9 nitrogen and oxygen atoms in total. The molecule has 0 saturated heterocycles. The molecule has 11 heteroatoms. The zero-order valence-corrected chi connectivity index (χ0v) is 20.9. The number of halogens is 1. The van der Waals surface area contributed by atoms with Crippen LogP contribution in [0.5, 0.6) is 0 Å². The van der Waals surface area contributed by atoms with Gasteiger partial charge in [-0.15, -0.1) is 0 Å². The maximum absolute atomic E-state index is 13.8. The maximum Gasteiger partial charge on any atom is 0.289 e. The van der Waals surface area contributed by atoms with Crippen molar-refractivity contribution in [3.8, 4) is 0 Å². The number of Topliss-reactive ketones (excluding diaryl/α,β-unsaturated/α-hetero) is 1. The van der Waals surface area contributed by atoms with E-state index < -0.39 is 31.4 Å². The van der Waals surface area contributed by atoms with Gasteiger partial charge in [0.1, 0.15) is 16.4 Å². The van der Waals surface area contributed by atoms with Crippen molar-refractivity contribution in [2.75, 3.05) is 4.31 Å². The molecular weight excluding hydrogens is 508 g/mol. The lowest BCUT2D eigenvalue weighted by Crippen LogP contribution is -2.37. The Balaban J connectivity index is 1.98. The third kappa shape index (κ3) is 4.36. The fraction of sp³-hybridized carbons (Fsp3) is 0.120. The monoisotopic (exact) mass is 526 g/mol. The van der Waals surface area contributed by atoms with Gasteiger partial charge in [0.2, 0.25) is 0 Å². The molecule has 1 aromatic heterocycles. The number of carbonyl (C=O) groups excluding carboxylic acids is 2. The van der Waals surface area contributed by atoms with E-state index in [2.05, 4.69) is 0 Å². The zero-order valence-electron chi connectivity index (χ0n) is 19.3. The van der Waals surface area contributed by atoms with E-state index in [0.29, 0.717) is 21.0 Å². The number of ketones is 1. The molecule has 1 amide bonds. The smallest absolute Gasteiger partial charge is 0.289 e. The quantitative estimate of drug-likeness (QED) is 0.175. The lowest BCUT2D eigenvalue weighted by Gasteiger charge is -2.23. The maximum atomic E-state index is 13.8. The number of furan rings is 1. The zero-order chi connectivity index (χ0) is 26.4. The van der Waals surface area contributed by atoms with Crippen molar-refractivity contribution in [3.05, 3.63) is 98.3 Å². The minimum atomic E-state index is -4.67. The first kappa shape index (κ1) is 25.1. The van der Waals surface area contributed by atoms with E-state index in [1.165, 1.54) is 37.3 Å². The molecule has 1 heterocycles. The second-order valence-electron chi connectivity index (χ2n) is 8.08. The predicted molar refractivity (Wildman–Crippen MR) is 134 cm³/mol. The third-order valence-corrected chi connectivity index (χ3v) is 7.60. The fourth-order valence-corrected chi connectivity index (χ4v) is 5.46. The molecule has 0 atom stereocenters. The van der Waals surface area contributed by atoms with Gasteiger partial charge in [0.15, 0.2) is 5.78 Å². The Kier molecular flexibility index (Phi) is 6.42. The highest BCUT2D eigenvalue weighted by Gasteiger charge is 2.34. The van der Waals surface area contributed by atoms with Crippen molar-refractivity contribution in [1.29, 1.82) is 0 Å². The Hall–Kier alpha value is -4.02. The summed E-state index contributed by atoms with van der Waals surface area (Å²) in [6, 6.07) is 13.4. The molecule has 0 saturated carbocycles. The van der Waals surface area contributed by atoms with Gasteiger partial charge in [-0.2, -0.15) is 4.31 Å². The van der Waals surface area contributed by atoms with E-state index in [0.717, 1.165) is 23.8 Å². The summed E-state index contributed by atoms with van der Waals surface area (Å²) in [4.78, 5) is 35.9. The topological polar surface area (TPSA) is 128 Å². The molecule has 4 rings (SSSR count). The molecule has 0 fully saturated rings. The lowest BCUT2D eigenvalue weighted by molar-refractivity contribution is -0.384. The van der Waals surface area contributed by atoms with Crippen LogP contribution < -0.4 is 4.31 Å². The molecular formula is C25H19ClN2O7S. The van der Waals surface area contributed by atoms with Crippen LogP contribution in [0.2, 0.25) is 5.02 Å². The number of nitro groups is 1. The van der Waals surface area contributed by atoms with E-state index in [1.807, 2.05) is 6.92 Å². The average Bonchev–Trinajstić information content (AvgIpc) is 3.14. The molecule has 0 spiro atoms. The number of carbonyl (C=O) groups is 2. The van der Waals surface area contributed by atoms with Gasteiger partial charge in [-0.3, -0.25) is 19.7 Å². The van der Waals surface area contributed by atoms with Crippen molar-refractivity contribution in [1.82, 2.24) is 0 Å². The summed E-state index contributed by atoms with van der Waals surface area (Å²) in [5, 5.41) is 11.5. The standard InChI is InChI=1S/C25H19ClN2O7S/c1-14-4-6-17(7-5-14)25(30)27(36(33,34)19-9-10-21(26)22(13-19)28(31)32)18-8-11-23-20(12-18)24(15(2)29)16(3)35-23/h4-13H,1-3H3. The Bertz CT molecular complexity index is 1660. The number of aryl methyl sites for hydroxylation is 2. The molecule has 36 heavy (non-hydrogen) atoms. The van der Waals surface area contributed by atoms with Crippen LogP contribution in [0.3, 0.4) is 0 Å². The lowest BCUT2D eigenvalue weighted by atomic mass is 10.1. The predicted octanol–water partition coefficient (Wildman–Crippen LogP) is 5.85. The summed E-state index contributed by atoms with van der Waals surface area (Å²) >= 11 is 5.87. The minimum Gasteiger partial charge on any atom is -0.461 e. The Morgan fingerprint density at radius 2 is 1.67 bits per heavy atom. The van der Waals surface area contributed by atoms with Crippen molar-refractivity contribution in [2.45, 2.75) is 25.7 Å². The number of amides is 1. The van der Waals surface area contributed by atoms with Crippen molar-refractivity contribution >= 4 is 55.7 Å². The van der Waals surface area contributed by atoms with Crippen LogP contribution >= 0.6 is 11.6 Å². The number of hydrogen-bond acceptors (Lipinski definition) is 7. The molecule has 0 aliphatic carbocycles. The number of benzene rings is 3. The molecule has 3 aromatic carbocycles. The first-order valence-corrected chi connectivity index (χ1v) is 12.4. The van der Waals surface area contributed by atoms with Gasteiger partial charge in [-0.1, -0.05) is 29.3 Å². The number of nitrogens with zero attached hydrogens (tertiary/aromatic N) is 2. The largest absolute Gasteiger partial charge is 0.461 e. The Morgan fingerprint density at radius 1 is 1.00 bits per heavy atom. The number of rotatable bonds is 6. The molecule has 4 aromatic rings. The molecule has 0 radical (unpaired) electrons. The highest BCUT2D eigenvalue weighted by molar-refractivity contribution is 7.93. The summed E-state index contributed by atoms with van der Waals surface area (Å²) in [7, 11) is -4.67. The minimum absolute atomic E-state index is 0.0721. The number of nitro benzene ring substituents is 1. The van der Waals surface area contributed by atoms with Crippen molar-refractivity contribution in [2.24, 2.45) is 0 Å². The van der Waals surface area contributed by atoms with E-state index in [9.17, 15) is 28.1 Å². The second kappa shape index (κ2) is 9.21.